The molecule has 0 aliphatic carbocycles. The van der Waals surface area contributed by atoms with Crippen LogP contribution in [0.25, 0.3) is 0 Å². The fourth-order valence-electron chi connectivity index (χ4n) is 1.03. The summed E-state index contributed by atoms with van der Waals surface area (Å²) in [5.41, 5.74) is -0.0722. The highest BCUT2D eigenvalue weighted by Crippen LogP contribution is 1.99. The molecule has 2 rings (SSSR count). The van der Waals surface area contributed by atoms with Crippen LogP contribution in [0.5, 0.6) is 0 Å². The van der Waals surface area contributed by atoms with Gasteiger partial charge in [-0.2, -0.15) is 0 Å². The van der Waals surface area contributed by atoms with Gasteiger partial charge in [0.05, 0.1) is 22.6 Å². The molecule has 0 atom stereocenters. The zero-order chi connectivity index (χ0) is 9.97. The third kappa shape index (κ3) is 1.84. The fraction of sp³-hybridized carbons (Fsp3) is 0.125. The Labute approximate surface area is 92.9 Å². The summed E-state index contributed by atoms with van der Waals surface area (Å²) in [5.74, 6) is 0.635. The van der Waals surface area contributed by atoms with Crippen molar-refractivity contribution in [3.63, 3.8) is 0 Å². The lowest BCUT2D eigenvalue weighted by molar-refractivity contribution is 0.374. The Bertz CT molecular complexity index is 478. The van der Waals surface area contributed by atoms with Gasteiger partial charge in [-0.05, 0) is 22.6 Å². The first-order valence-electron chi connectivity index (χ1n) is 3.87. The van der Waals surface area contributed by atoms with Crippen molar-refractivity contribution < 1.29 is 4.52 Å². The van der Waals surface area contributed by atoms with Crippen molar-refractivity contribution >= 4 is 22.6 Å². The van der Waals surface area contributed by atoms with Crippen LogP contribution >= 0.6 is 22.6 Å². The topological polar surface area (TPSA) is 60.9 Å². The highest BCUT2D eigenvalue weighted by Gasteiger charge is 2.03. The Morgan fingerprint density at radius 1 is 1.57 bits per heavy atom. The second-order valence-electron chi connectivity index (χ2n) is 2.65. The van der Waals surface area contributed by atoms with E-state index in [1.807, 2.05) is 22.6 Å². The van der Waals surface area contributed by atoms with Gasteiger partial charge in [-0.15, -0.1) is 0 Å². The van der Waals surface area contributed by atoms with Crippen molar-refractivity contribution in [2.24, 2.45) is 0 Å². The molecule has 2 aromatic heterocycles. The first-order chi connectivity index (χ1) is 6.77. The molecule has 0 spiro atoms. The maximum atomic E-state index is 11.5. The Balaban J connectivity index is 2.34. The molecule has 0 saturated heterocycles. The average Bonchev–Trinajstić information content (AvgIpc) is 2.66. The number of halogens is 1. The maximum Gasteiger partial charge on any atom is 0.267 e. The van der Waals surface area contributed by atoms with Crippen LogP contribution in [-0.4, -0.2) is 14.7 Å². The largest absolute Gasteiger partial charge is 0.359 e. The number of nitrogens with zero attached hydrogens (tertiary/aromatic N) is 3. The SMILES string of the molecule is O=c1c(I)cncn1Cc1ccno1. The molecule has 2 aromatic rings. The van der Waals surface area contributed by atoms with Crippen LogP contribution in [0.15, 0.2) is 34.1 Å². The van der Waals surface area contributed by atoms with E-state index in [9.17, 15) is 4.79 Å². The van der Waals surface area contributed by atoms with Gasteiger partial charge in [0.2, 0.25) is 0 Å². The predicted octanol–water partition coefficient (Wildman–Crippen LogP) is 0.884. The molecule has 0 amide bonds. The highest BCUT2D eigenvalue weighted by atomic mass is 127. The van der Waals surface area contributed by atoms with Gasteiger partial charge >= 0.3 is 0 Å². The number of aromatic nitrogens is 3. The molecule has 0 aliphatic heterocycles. The molecular weight excluding hydrogens is 297 g/mol. The Kier molecular flexibility index (Phi) is 2.62. The van der Waals surface area contributed by atoms with E-state index in [1.54, 1.807) is 12.3 Å². The van der Waals surface area contributed by atoms with E-state index in [0.717, 1.165) is 0 Å². The second-order valence-corrected chi connectivity index (χ2v) is 3.82. The summed E-state index contributed by atoms with van der Waals surface area (Å²) in [4.78, 5) is 15.5. The van der Waals surface area contributed by atoms with Gasteiger partial charge in [0.1, 0.15) is 0 Å². The van der Waals surface area contributed by atoms with Crippen LogP contribution < -0.4 is 5.56 Å². The normalized spacial score (nSPS) is 10.4. The maximum absolute atomic E-state index is 11.5. The number of hydrogen-bond acceptors (Lipinski definition) is 4. The molecule has 0 saturated carbocycles. The molecular formula is C8H6IN3O2. The van der Waals surface area contributed by atoms with Gasteiger partial charge in [-0.1, -0.05) is 5.16 Å². The molecule has 0 unspecified atom stereocenters. The standard InChI is InChI=1S/C8H6IN3O2/c9-7-3-10-5-12(8(7)13)4-6-1-2-11-14-6/h1-3,5H,4H2. The molecule has 0 bridgehead atoms. The van der Waals surface area contributed by atoms with Crippen LogP contribution in [-0.2, 0) is 6.54 Å². The van der Waals surface area contributed by atoms with Crippen molar-refractivity contribution in [3.05, 3.63) is 44.5 Å². The lowest BCUT2D eigenvalue weighted by atomic mass is 10.4. The lowest BCUT2D eigenvalue weighted by Crippen LogP contribution is -2.22. The van der Waals surface area contributed by atoms with E-state index in [2.05, 4.69) is 10.1 Å². The summed E-state index contributed by atoms with van der Waals surface area (Å²) in [5, 5.41) is 3.56. The Hall–Kier alpha value is -1.18. The zero-order valence-electron chi connectivity index (χ0n) is 7.05. The Morgan fingerprint density at radius 2 is 2.43 bits per heavy atom. The second kappa shape index (κ2) is 3.91. The predicted molar refractivity (Wildman–Crippen MR) is 56.8 cm³/mol. The summed E-state index contributed by atoms with van der Waals surface area (Å²) in [7, 11) is 0. The van der Waals surface area contributed by atoms with Gasteiger partial charge in [0.25, 0.3) is 5.56 Å². The summed E-state index contributed by atoms with van der Waals surface area (Å²) in [6.07, 6.45) is 4.55. The fourth-order valence-corrected chi connectivity index (χ4v) is 1.50. The molecule has 0 aliphatic rings. The van der Waals surface area contributed by atoms with Gasteiger partial charge < -0.3 is 4.52 Å². The lowest BCUT2D eigenvalue weighted by Gasteiger charge is -2.00. The third-order valence-electron chi connectivity index (χ3n) is 1.68. The van der Waals surface area contributed by atoms with Gasteiger partial charge in [-0.3, -0.25) is 9.36 Å². The molecule has 5 nitrogen and oxygen atoms in total. The van der Waals surface area contributed by atoms with Crippen LogP contribution in [0.1, 0.15) is 5.76 Å². The minimum Gasteiger partial charge on any atom is -0.359 e. The number of hydrogen-bond donors (Lipinski definition) is 0. The van der Waals surface area contributed by atoms with Crippen molar-refractivity contribution in [1.29, 1.82) is 0 Å². The molecule has 6 heteroatoms. The van der Waals surface area contributed by atoms with E-state index in [0.29, 0.717) is 15.9 Å². The van der Waals surface area contributed by atoms with Crippen molar-refractivity contribution in [2.75, 3.05) is 0 Å². The smallest absolute Gasteiger partial charge is 0.267 e. The van der Waals surface area contributed by atoms with Crippen molar-refractivity contribution in [2.45, 2.75) is 6.54 Å². The van der Waals surface area contributed by atoms with E-state index in [-0.39, 0.29) is 5.56 Å². The van der Waals surface area contributed by atoms with E-state index in [4.69, 9.17) is 4.52 Å². The molecule has 14 heavy (non-hydrogen) atoms. The molecule has 0 fully saturated rings. The molecule has 72 valence electrons. The third-order valence-corrected chi connectivity index (χ3v) is 2.42. The quantitative estimate of drug-likeness (QED) is 0.773. The minimum absolute atomic E-state index is 0.0722. The van der Waals surface area contributed by atoms with E-state index < -0.39 is 0 Å². The average molecular weight is 303 g/mol. The summed E-state index contributed by atoms with van der Waals surface area (Å²) in [6, 6.07) is 1.71. The van der Waals surface area contributed by atoms with E-state index in [1.165, 1.54) is 17.1 Å². The molecule has 0 radical (unpaired) electrons. The highest BCUT2D eigenvalue weighted by molar-refractivity contribution is 14.1. The van der Waals surface area contributed by atoms with Gasteiger partial charge in [-0.25, -0.2) is 4.98 Å². The zero-order valence-corrected chi connectivity index (χ0v) is 9.21. The molecule has 2 heterocycles. The van der Waals surface area contributed by atoms with Crippen molar-refractivity contribution in [1.82, 2.24) is 14.7 Å². The van der Waals surface area contributed by atoms with Crippen molar-refractivity contribution in [3.8, 4) is 0 Å². The minimum atomic E-state index is -0.0722. The van der Waals surface area contributed by atoms with Gasteiger partial charge in [0, 0.05) is 12.3 Å². The molecule has 0 aromatic carbocycles. The summed E-state index contributed by atoms with van der Waals surface area (Å²) >= 11 is 1.95. The summed E-state index contributed by atoms with van der Waals surface area (Å²) < 4.78 is 6.95. The number of rotatable bonds is 2. The first-order valence-corrected chi connectivity index (χ1v) is 4.95. The van der Waals surface area contributed by atoms with Crippen LogP contribution in [0.3, 0.4) is 0 Å². The summed E-state index contributed by atoms with van der Waals surface area (Å²) in [6.45, 7) is 0.364. The molecule has 0 N–H and O–H groups in total. The van der Waals surface area contributed by atoms with Crippen LogP contribution in [0.4, 0.5) is 0 Å². The first kappa shape index (κ1) is 9.38. The monoisotopic (exact) mass is 303 g/mol. The van der Waals surface area contributed by atoms with Crippen LogP contribution in [0, 0.1) is 3.57 Å². The van der Waals surface area contributed by atoms with Gasteiger partial charge in [0.15, 0.2) is 5.76 Å². The van der Waals surface area contributed by atoms with E-state index >= 15 is 0 Å². The van der Waals surface area contributed by atoms with Crippen LogP contribution in [0.2, 0.25) is 0 Å². The Morgan fingerprint density at radius 3 is 3.14 bits per heavy atom.